The van der Waals surface area contributed by atoms with Gasteiger partial charge in [0.05, 0.1) is 11.7 Å². The van der Waals surface area contributed by atoms with Crippen molar-refractivity contribution in [2.45, 2.75) is 19.0 Å². The summed E-state index contributed by atoms with van der Waals surface area (Å²) in [5.41, 5.74) is 4.98. The first-order valence-corrected chi connectivity index (χ1v) is 11.9. The minimum absolute atomic E-state index is 0.164. The maximum atomic E-state index is 6.43. The molecule has 0 bridgehead atoms. The third-order valence-corrected chi connectivity index (χ3v) is 6.84. The van der Waals surface area contributed by atoms with E-state index < -0.39 is 0 Å². The van der Waals surface area contributed by atoms with Crippen LogP contribution in [0.2, 0.25) is 5.02 Å². The number of nitrogens with zero attached hydrogens (tertiary/aromatic N) is 3. The van der Waals surface area contributed by atoms with Crippen LogP contribution in [0.4, 0.5) is 11.4 Å². The van der Waals surface area contributed by atoms with E-state index in [1.165, 1.54) is 0 Å². The maximum Gasteiger partial charge on any atom is 0.174 e. The van der Waals surface area contributed by atoms with E-state index in [9.17, 15) is 0 Å². The second-order valence-corrected chi connectivity index (χ2v) is 9.37. The van der Waals surface area contributed by atoms with Crippen molar-refractivity contribution in [3.63, 3.8) is 0 Å². The normalized spacial score (nSPS) is 17.6. The van der Waals surface area contributed by atoms with E-state index in [1.807, 2.05) is 69.6 Å². The van der Waals surface area contributed by atoms with Crippen molar-refractivity contribution in [3.8, 4) is 11.3 Å². The number of rotatable bonds is 5. The number of nitrogens with one attached hydrogen (secondary N) is 1. The van der Waals surface area contributed by atoms with E-state index in [1.54, 1.807) is 6.20 Å². The van der Waals surface area contributed by atoms with Gasteiger partial charge in [0.2, 0.25) is 0 Å². The predicted molar refractivity (Wildman–Crippen MR) is 143 cm³/mol. The fourth-order valence-corrected chi connectivity index (χ4v) is 4.77. The third kappa shape index (κ3) is 4.15. The molecular formula is C27H25ClN4OS. The monoisotopic (exact) mass is 488 g/mol. The van der Waals surface area contributed by atoms with Gasteiger partial charge in [-0.3, -0.25) is 4.98 Å². The number of thiocarbonyl (C=S) groups is 1. The molecule has 1 aliphatic rings. The lowest BCUT2D eigenvalue weighted by molar-refractivity contribution is 0.439. The lowest BCUT2D eigenvalue weighted by atomic mass is 10.0. The average molecular weight is 489 g/mol. The second-order valence-electron chi connectivity index (χ2n) is 8.57. The molecule has 1 fully saturated rings. The highest BCUT2D eigenvalue weighted by Gasteiger charge is 2.42. The standard InChI is InChI=1S/C27H25ClN4OS/c1-17-7-8-18(16-21(17)28)23-13-14-24(33-23)26-25(22-6-4-5-15-29-22)30-27(34)32(26)20-11-9-19(10-12-20)31(2)3/h4-16,25-26H,1-3H3,(H,30,34)/t25-,26+/m1/s1. The van der Waals surface area contributed by atoms with Crippen molar-refractivity contribution in [2.75, 3.05) is 23.9 Å². The van der Waals surface area contributed by atoms with Crippen molar-refractivity contribution < 1.29 is 4.42 Å². The molecule has 3 heterocycles. The Morgan fingerprint density at radius 3 is 2.50 bits per heavy atom. The highest BCUT2D eigenvalue weighted by Crippen LogP contribution is 2.43. The summed E-state index contributed by atoms with van der Waals surface area (Å²) in [6.07, 6.45) is 1.80. The van der Waals surface area contributed by atoms with Crippen molar-refractivity contribution >= 4 is 40.3 Å². The van der Waals surface area contributed by atoms with Crippen LogP contribution in [0, 0.1) is 6.92 Å². The molecule has 0 radical (unpaired) electrons. The first-order chi connectivity index (χ1) is 16.4. The van der Waals surface area contributed by atoms with Crippen LogP contribution in [0.3, 0.4) is 0 Å². The average Bonchev–Trinajstić information content (AvgIpc) is 3.46. The summed E-state index contributed by atoms with van der Waals surface area (Å²) in [5.74, 6) is 1.56. The molecule has 2 atom stereocenters. The number of hydrogen-bond acceptors (Lipinski definition) is 4. The van der Waals surface area contributed by atoms with Gasteiger partial charge in [-0.1, -0.05) is 29.8 Å². The Morgan fingerprint density at radius 2 is 1.82 bits per heavy atom. The molecular weight excluding hydrogens is 464 g/mol. The fraction of sp³-hybridized carbons (Fsp3) is 0.185. The largest absolute Gasteiger partial charge is 0.459 e. The van der Waals surface area contributed by atoms with Crippen molar-refractivity contribution in [2.24, 2.45) is 0 Å². The number of pyridine rings is 1. The van der Waals surface area contributed by atoms with Crippen LogP contribution in [-0.2, 0) is 0 Å². The van der Waals surface area contributed by atoms with E-state index in [0.29, 0.717) is 10.1 Å². The number of aryl methyl sites for hydroxylation is 1. The van der Waals surface area contributed by atoms with Gasteiger partial charge in [0.15, 0.2) is 5.11 Å². The molecule has 172 valence electrons. The lowest BCUT2D eigenvalue weighted by Crippen LogP contribution is -2.29. The minimum atomic E-state index is -0.206. The Morgan fingerprint density at radius 1 is 1.03 bits per heavy atom. The number of halogens is 1. The van der Waals surface area contributed by atoms with Crippen LogP contribution in [-0.4, -0.2) is 24.2 Å². The molecule has 1 N–H and O–H groups in total. The number of aromatic nitrogens is 1. The Kier molecular flexibility index (Phi) is 6.02. The summed E-state index contributed by atoms with van der Waals surface area (Å²) >= 11 is 12.2. The molecule has 2 aromatic heterocycles. The summed E-state index contributed by atoms with van der Waals surface area (Å²) in [6.45, 7) is 1.99. The molecule has 0 spiro atoms. The zero-order valence-electron chi connectivity index (χ0n) is 19.2. The maximum absolute atomic E-state index is 6.43. The third-order valence-electron chi connectivity index (χ3n) is 6.12. The molecule has 34 heavy (non-hydrogen) atoms. The van der Waals surface area contributed by atoms with E-state index >= 15 is 0 Å². The van der Waals surface area contributed by atoms with Crippen LogP contribution in [0.1, 0.15) is 29.1 Å². The van der Waals surface area contributed by atoms with Gasteiger partial charge >= 0.3 is 0 Å². The van der Waals surface area contributed by atoms with E-state index in [2.05, 4.69) is 44.4 Å². The van der Waals surface area contributed by atoms with Gasteiger partial charge in [-0.25, -0.2) is 0 Å². The van der Waals surface area contributed by atoms with Gasteiger partial charge in [0.1, 0.15) is 17.6 Å². The molecule has 1 aliphatic heterocycles. The van der Waals surface area contributed by atoms with Crippen molar-refractivity contribution in [3.05, 3.63) is 101 Å². The first kappa shape index (κ1) is 22.4. The molecule has 5 nitrogen and oxygen atoms in total. The topological polar surface area (TPSA) is 44.5 Å². The molecule has 7 heteroatoms. The molecule has 0 amide bonds. The van der Waals surface area contributed by atoms with Crippen LogP contribution in [0.15, 0.2) is 83.4 Å². The molecule has 0 aliphatic carbocycles. The molecule has 0 saturated carbocycles. The second kappa shape index (κ2) is 9.12. The summed E-state index contributed by atoms with van der Waals surface area (Å²) in [6, 6.07) is 23.8. The zero-order valence-corrected chi connectivity index (χ0v) is 20.8. The SMILES string of the molecule is Cc1ccc(-c2ccc([C@H]3[C@@H](c4ccccn4)NC(=S)N3c3ccc(N(C)C)cc3)o2)cc1Cl. The van der Waals surface area contributed by atoms with Gasteiger partial charge in [-0.05, 0) is 79.3 Å². The Bertz CT molecular complexity index is 1320. The molecule has 2 aromatic carbocycles. The Labute approximate surface area is 210 Å². The highest BCUT2D eigenvalue weighted by molar-refractivity contribution is 7.80. The number of anilines is 2. The lowest BCUT2D eigenvalue weighted by Gasteiger charge is -2.26. The summed E-state index contributed by atoms with van der Waals surface area (Å²) < 4.78 is 6.43. The number of benzene rings is 2. The molecule has 5 rings (SSSR count). The summed E-state index contributed by atoms with van der Waals surface area (Å²) in [5, 5.41) is 4.82. The Balaban J connectivity index is 1.57. The summed E-state index contributed by atoms with van der Waals surface area (Å²) in [7, 11) is 4.05. The highest BCUT2D eigenvalue weighted by atomic mass is 35.5. The van der Waals surface area contributed by atoms with E-state index in [4.69, 9.17) is 28.2 Å². The van der Waals surface area contributed by atoms with Crippen molar-refractivity contribution in [1.29, 1.82) is 0 Å². The van der Waals surface area contributed by atoms with Crippen LogP contribution < -0.4 is 15.1 Å². The Hall–Kier alpha value is -3.35. The van der Waals surface area contributed by atoms with Gasteiger partial charge in [0, 0.05) is 42.3 Å². The number of furan rings is 1. The van der Waals surface area contributed by atoms with Gasteiger partial charge < -0.3 is 19.5 Å². The molecule has 0 unspecified atom stereocenters. The quantitative estimate of drug-likeness (QED) is 0.321. The number of hydrogen-bond donors (Lipinski definition) is 1. The smallest absolute Gasteiger partial charge is 0.174 e. The van der Waals surface area contributed by atoms with Crippen molar-refractivity contribution in [1.82, 2.24) is 10.3 Å². The zero-order chi connectivity index (χ0) is 23.8. The van der Waals surface area contributed by atoms with E-state index in [0.717, 1.165) is 39.7 Å². The first-order valence-electron chi connectivity index (χ1n) is 11.1. The van der Waals surface area contributed by atoms with Gasteiger partial charge in [-0.2, -0.15) is 0 Å². The van der Waals surface area contributed by atoms with E-state index in [-0.39, 0.29) is 12.1 Å². The van der Waals surface area contributed by atoms with Crippen LogP contribution >= 0.6 is 23.8 Å². The molecule has 4 aromatic rings. The fourth-order valence-electron chi connectivity index (χ4n) is 4.25. The summed E-state index contributed by atoms with van der Waals surface area (Å²) in [4.78, 5) is 8.79. The minimum Gasteiger partial charge on any atom is -0.459 e. The predicted octanol–water partition coefficient (Wildman–Crippen LogP) is 6.55. The van der Waals surface area contributed by atoms with Gasteiger partial charge in [-0.15, -0.1) is 0 Å². The molecule has 1 saturated heterocycles. The van der Waals surface area contributed by atoms with Crippen LogP contribution in [0.5, 0.6) is 0 Å². The van der Waals surface area contributed by atoms with Crippen LogP contribution in [0.25, 0.3) is 11.3 Å². The van der Waals surface area contributed by atoms with Gasteiger partial charge in [0.25, 0.3) is 0 Å².